The van der Waals surface area contributed by atoms with E-state index < -0.39 is 24.5 Å². The minimum absolute atomic E-state index is 0.129. The van der Waals surface area contributed by atoms with E-state index in [0.717, 1.165) is 6.07 Å². The Kier molecular flexibility index (Phi) is 4.84. The van der Waals surface area contributed by atoms with Crippen molar-refractivity contribution in [3.8, 4) is 5.75 Å². The molecule has 0 aliphatic rings. The van der Waals surface area contributed by atoms with E-state index in [1.54, 1.807) is 0 Å². The van der Waals surface area contributed by atoms with Crippen LogP contribution in [0.5, 0.6) is 5.75 Å². The number of aliphatic carboxylic acids is 1. The standard InChI is InChI=1S/C11H13F2NO3/c12-3-4-17-8-1-2-9(13)7(5-8)6-10(14)11(15)16/h1-2,5,10H,3-4,6,14H2,(H,15,16). The van der Waals surface area contributed by atoms with Crippen LogP contribution in [0.1, 0.15) is 5.56 Å². The maximum atomic E-state index is 13.3. The molecule has 0 saturated carbocycles. The normalized spacial score (nSPS) is 12.2. The highest BCUT2D eigenvalue weighted by Crippen LogP contribution is 2.18. The lowest BCUT2D eigenvalue weighted by molar-refractivity contribution is -0.138. The van der Waals surface area contributed by atoms with Crippen LogP contribution >= 0.6 is 0 Å². The number of carbonyl (C=O) groups is 1. The molecule has 0 radical (unpaired) electrons. The minimum Gasteiger partial charge on any atom is -0.491 e. The smallest absolute Gasteiger partial charge is 0.320 e. The van der Waals surface area contributed by atoms with Gasteiger partial charge in [-0.15, -0.1) is 0 Å². The summed E-state index contributed by atoms with van der Waals surface area (Å²) >= 11 is 0. The van der Waals surface area contributed by atoms with E-state index in [4.69, 9.17) is 15.6 Å². The van der Waals surface area contributed by atoms with Gasteiger partial charge < -0.3 is 15.6 Å². The summed E-state index contributed by atoms with van der Waals surface area (Å²) in [7, 11) is 0. The molecular formula is C11H13F2NO3. The molecule has 0 aromatic heterocycles. The number of carboxylic acid groups (broad SMARTS) is 1. The summed E-state index contributed by atoms with van der Waals surface area (Å²) < 4.78 is 30.2. The largest absolute Gasteiger partial charge is 0.491 e. The van der Waals surface area contributed by atoms with Crippen LogP contribution in [0, 0.1) is 5.82 Å². The van der Waals surface area contributed by atoms with Gasteiger partial charge in [0.1, 0.15) is 30.9 Å². The Balaban J connectivity index is 2.79. The Hall–Kier alpha value is -1.69. The first-order chi connectivity index (χ1) is 8.04. The van der Waals surface area contributed by atoms with Gasteiger partial charge >= 0.3 is 5.97 Å². The Morgan fingerprint density at radius 1 is 1.53 bits per heavy atom. The number of hydrogen-bond acceptors (Lipinski definition) is 3. The summed E-state index contributed by atoms with van der Waals surface area (Å²) in [6, 6.07) is 2.63. The number of benzene rings is 1. The first kappa shape index (κ1) is 13.4. The zero-order chi connectivity index (χ0) is 12.8. The SMILES string of the molecule is NC(Cc1cc(OCCF)ccc1F)C(=O)O. The van der Waals surface area contributed by atoms with Crippen LogP contribution in [-0.4, -0.2) is 30.4 Å². The maximum Gasteiger partial charge on any atom is 0.320 e. The van der Waals surface area contributed by atoms with E-state index in [1.807, 2.05) is 0 Å². The number of alkyl halides is 1. The molecule has 1 atom stereocenters. The van der Waals surface area contributed by atoms with Crippen LogP contribution in [0.2, 0.25) is 0 Å². The number of halogens is 2. The minimum atomic E-state index is -1.21. The summed E-state index contributed by atoms with van der Waals surface area (Å²) in [6.45, 7) is -0.780. The summed E-state index contributed by atoms with van der Waals surface area (Å²) in [5, 5.41) is 8.62. The second-order valence-corrected chi connectivity index (χ2v) is 3.44. The quantitative estimate of drug-likeness (QED) is 0.788. The van der Waals surface area contributed by atoms with E-state index in [2.05, 4.69) is 0 Å². The van der Waals surface area contributed by atoms with E-state index >= 15 is 0 Å². The number of nitrogens with two attached hydrogens (primary N) is 1. The third kappa shape index (κ3) is 3.99. The predicted octanol–water partition coefficient (Wildman–Crippen LogP) is 1.13. The van der Waals surface area contributed by atoms with E-state index in [-0.39, 0.29) is 24.3 Å². The third-order valence-electron chi connectivity index (χ3n) is 2.12. The molecule has 1 aromatic rings. The zero-order valence-electron chi connectivity index (χ0n) is 9.03. The van der Waals surface area contributed by atoms with Crippen LogP contribution in [0.15, 0.2) is 18.2 Å². The molecule has 0 spiro atoms. The molecule has 1 aromatic carbocycles. The van der Waals surface area contributed by atoms with Crippen LogP contribution in [0.3, 0.4) is 0 Å². The first-order valence-corrected chi connectivity index (χ1v) is 5.00. The van der Waals surface area contributed by atoms with Gasteiger partial charge in [0, 0.05) is 6.42 Å². The summed E-state index contributed by atoms with van der Waals surface area (Å²) in [5.41, 5.74) is 5.44. The van der Waals surface area contributed by atoms with Gasteiger partial charge in [-0.2, -0.15) is 0 Å². The molecule has 0 fully saturated rings. The third-order valence-corrected chi connectivity index (χ3v) is 2.12. The molecule has 4 nitrogen and oxygen atoms in total. The molecule has 0 aliphatic carbocycles. The van der Waals surface area contributed by atoms with Crippen LogP contribution in [0.25, 0.3) is 0 Å². The molecule has 1 rings (SSSR count). The van der Waals surface area contributed by atoms with Crippen molar-refractivity contribution >= 4 is 5.97 Å². The highest BCUT2D eigenvalue weighted by Gasteiger charge is 2.15. The second kappa shape index (κ2) is 6.15. The number of ether oxygens (including phenoxy) is 1. The summed E-state index contributed by atoms with van der Waals surface area (Å²) in [6.07, 6.45) is -0.145. The van der Waals surface area contributed by atoms with Gasteiger partial charge in [0.05, 0.1) is 0 Å². The Bertz CT molecular complexity index is 398. The molecule has 6 heteroatoms. The van der Waals surface area contributed by atoms with Gasteiger partial charge in [0.25, 0.3) is 0 Å². The lowest BCUT2D eigenvalue weighted by Crippen LogP contribution is -2.32. The van der Waals surface area contributed by atoms with E-state index in [9.17, 15) is 13.6 Å². The first-order valence-electron chi connectivity index (χ1n) is 5.00. The zero-order valence-corrected chi connectivity index (χ0v) is 9.03. The van der Waals surface area contributed by atoms with Crippen molar-refractivity contribution in [1.29, 1.82) is 0 Å². The van der Waals surface area contributed by atoms with Crippen LogP contribution < -0.4 is 10.5 Å². The molecule has 17 heavy (non-hydrogen) atoms. The van der Waals surface area contributed by atoms with Gasteiger partial charge in [0.2, 0.25) is 0 Å². The highest BCUT2D eigenvalue weighted by atomic mass is 19.1. The van der Waals surface area contributed by atoms with Crippen molar-refractivity contribution < 1.29 is 23.4 Å². The number of carboxylic acids is 1. The number of rotatable bonds is 6. The molecule has 94 valence electrons. The van der Waals surface area contributed by atoms with Crippen molar-refractivity contribution in [3.05, 3.63) is 29.6 Å². The molecule has 1 unspecified atom stereocenters. The molecule has 0 saturated heterocycles. The second-order valence-electron chi connectivity index (χ2n) is 3.44. The fraction of sp³-hybridized carbons (Fsp3) is 0.364. The molecule has 0 heterocycles. The Morgan fingerprint density at radius 3 is 2.82 bits per heavy atom. The van der Waals surface area contributed by atoms with Crippen molar-refractivity contribution in [1.82, 2.24) is 0 Å². The van der Waals surface area contributed by atoms with Gasteiger partial charge in [-0.05, 0) is 23.8 Å². The van der Waals surface area contributed by atoms with Crippen LogP contribution in [0.4, 0.5) is 8.78 Å². The molecule has 3 N–H and O–H groups in total. The monoisotopic (exact) mass is 245 g/mol. The van der Waals surface area contributed by atoms with Gasteiger partial charge in [-0.1, -0.05) is 0 Å². The van der Waals surface area contributed by atoms with Crippen LogP contribution in [-0.2, 0) is 11.2 Å². The lowest BCUT2D eigenvalue weighted by Gasteiger charge is -2.10. The fourth-order valence-electron chi connectivity index (χ4n) is 1.28. The summed E-state index contributed by atoms with van der Waals surface area (Å²) in [4.78, 5) is 10.5. The Labute approximate surface area is 97.0 Å². The van der Waals surface area contributed by atoms with E-state index in [0.29, 0.717) is 0 Å². The molecule has 0 bridgehead atoms. The van der Waals surface area contributed by atoms with Gasteiger partial charge in [0.15, 0.2) is 0 Å². The van der Waals surface area contributed by atoms with Gasteiger partial charge in [-0.25, -0.2) is 8.78 Å². The van der Waals surface area contributed by atoms with E-state index in [1.165, 1.54) is 12.1 Å². The van der Waals surface area contributed by atoms with Crippen molar-refractivity contribution in [2.75, 3.05) is 13.3 Å². The molecule has 0 amide bonds. The maximum absolute atomic E-state index is 13.3. The molecule has 0 aliphatic heterocycles. The fourth-order valence-corrected chi connectivity index (χ4v) is 1.28. The van der Waals surface area contributed by atoms with Crippen molar-refractivity contribution in [2.45, 2.75) is 12.5 Å². The highest BCUT2D eigenvalue weighted by molar-refractivity contribution is 5.73. The topological polar surface area (TPSA) is 72.5 Å². The average Bonchev–Trinajstić information content (AvgIpc) is 2.29. The van der Waals surface area contributed by atoms with Crippen molar-refractivity contribution in [3.63, 3.8) is 0 Å². The van der Waals surface area contributed by atoms with Gasteiger partial charge in [-0.3, -0.25) is 4.79 Å². The van der Waals surface area contributed by atoms with Crippen molar-refractivity contribution in [2.24, 2.45) is 5.73 Å². The summed E-state index contributed by atoms with van der Waals surface area (Å²) in [5.74, 6) is -1.48. The lowest BCUT2D eigenvalue weighted by atomic mass is 10.1. The Morgan fingerprint density at radius 2 is 2.24 bits per heavy atom. The molecular weight excluding hydrogens is 232 g/mol. The number of hydrogen-bond donors (Lipinski definition) is 2. The average molecular weight is 245 g/mol. The predicted molar refractivity (Wildman–Crippen MR) is 57.2 cm³/mol.